The summed E-state index contributed by atoms with van der Waals surface area (Å²) in [7, 11) is 2.16. The topological polar surface area (TPSA) is 38.1 Å². The second kappa shape index (κ2) is 7.49. The standard InChI is InChI=1S/C21H27N3OS2/c1-5-15-17(16-7-6-12-26-16)18-20(27-15)22-19(13(2)3)24(21(18)25)14-8-10-23(4)11-9-14/h6-7,12-14H,5,8-11H2,1-4H3. The van der Waals surface area contributed by atoms with E-state index in [0.29, 0.717) is 0 Å². The van der Waals surface area contributed by atoms with Crippen LogP contribution in [0.5, 0.6) is 0 Å². The molecule has 0 aliphatic carbocycles. The first-order chi connectivity index (χ1) is 13.0. The first-order valence-electron chi connectivity index (χ1n) is 9.81. The Hall–Kier alpha value is -1.50. The molecular weight excluding hydrogens is 374 g/mol. The highest BCUT2D eigenvalue weighted by molar-refractivity contribution is 7.20. The van der Waals surface area contributed by atoms with Gasteiger partial charge >= 0.3 is 0 Å². The van der Waals surface area contributed by atoms with Crippen molar-refractivity contribution < 1.29 is 0 Å². The van der Waals surface area contributed by atoms with Gasteiger partial charge in [-0.25, -0.2) is 4.98 Å². The molecule has 0 N–H and O–H groups in total. The van der Waals surface area contributed by atoms with E-state index < -0.39 is 0 Å². The zero-order chi connectivity index (χ0) is 19.1. The number of rotatable bonds is 4. The van der Waals surface area contributed by atoms with Crippen LogP contribution in [-0.2, 0) is 6.42 Å². The number of nitrogens with zero attached hydrogens (tertiary/aromatic N) is 3. The maximum atomic E-state index is 13.8. The zero-order valence-corrected chi connectivity index (χ0v) is 18.1. The van der Waals surface area contributed by atoms with Crippen molar-refractivity contribution in [3.05, 3.63) is 38.6 Å². The second-order valence-electron chi connectivity index (χ2n) is 7.75. The van der Waals surface area contributed by atoms with E-state index in [1.807, 2.05) is 4.57 Å². The van der Waals surface area contributed by atoms with Crippen molar-refractivity contribution in [1.29, 1.82) is 0 Å². The molecule has 1 fully saturated rings. The molecule has 0 amide bonds. The lowest BCUT2D eigenvalue weighted by Gasteiger charge is -2.32. The van der Waals surface area contributed by atoms with Crippen molar-refractivity contribution in [3.8, 4) is 10.4 Å². The van der Waals surface area contributed by atoms with Crippen molar-refractivity contribution in [3.63, 3.8) is 0 Å². The van der Waals surface area contributed by atoms with E-state index in [4.69, 9.17) is 4.98 Å². The molecule has 0 bridgehead atoms. The molecule has 6 heteroatoms. The quantitative estimate of drug-likeness (QED) is 0.607. The second-order valence-corrected chi connectivity index (χ2v) is 9.78. The summed E-state index contributed by atoms with van der Waals surface area (Å²) < 4.78 is 2.04. The molecule has 0 spiro atoms. The predicted molar refractivity (Wildman–Crippen MR) is 116 cm³/mol. The van der Waals surface area contributed by atoms with Crippen molar-refractivity contribution in [2.24, 2.45) is 0 Å². The van der Waals surface area contributed by atoms with E-state index in [-0.39, 0.29) is 17.5 Å². The van der Waals surface area contributed by atoms with Gasteiger partial charge in [0.15, 0.2) is 0 Å². The smallest absolute Gasteiger partial charge is 0.263 e. The molecule has 4 nitrogen and oxygen atoms in total. The maximum Gasteiger partial charge on any atom is 0.263 e. The number of thiophene rings is 2. The van der Waals surface area contributed by atoms with Crippen LogP contribution < -0.4 is 5.56 Å². The molecule has 1 aliphatic rings. The van der Waals surface area contributed by atoms with Crippen molar-refractivity contribution in [2.75, 3.05) is 20.1 Å². The fraction of sp³-hybridized carbons (Fsp3) is 0.524. The van der Waals surface area contributed by atoms with E-state index in [2.05, 4.69) is 50.2 Å². The van der Waals surface area contributed by atoms with Gasteiger partial charge in [0.05, 0.1) is 5.39 Å². The van der Waals surface area contributed by atoms with Gasteiger partial charge in [0.1, 0.15) is 10.7 Å². The van der Waals surface area contributed by atoms with Gasteiger partial charge in [0.25, 0.3) is 5.56 Å². The van der Waals surface area contributed by atoms with Crippen LogP contribution in [0.3, 0.4) is 0 Å². The first kappa shape index (κ1) is 18.8. The summed E-state index contributed by atoms with van der Waals surface area (Å²) in [5.74, 6) is 1.18. The van der Waals surface area contributed by atoms with Crippen LogP contribution in [-0.4, -0.2) is 34.6 Å². The average Bonchev–Trinajstić information content (AvgIpc) is 3.29. The number of aromatic nitrogens is 2. The van der Waals surface area contributed by atoms with Gasteiger partial charge in [0.2, 0.25) is 0 Å². The third-order valence-electron chi connectivity index (χ3n) is 5.52. The van der Waals surface area contributed by atoms with Crippen molar-refractivity contribution in [1.82, 2.24) is 14.5 Å². The van der Waals surface area contributed by atoms with E-state index in [9.17, 15) is 4.79 Å². The fourth-order valence-electron chi connectivity index (χ4n) is 4.07. The molecule has 4 heterocycles. The molecule has 0 atom stereocenters. The van der Waals surface area contributed by atoms with Crippen LogP contribution >= 0.6 is 22.7 Å². The van der Waals surface area contributed by atoms with Gasteiger partial charge in [-0.2, -0.15) is 0 Å². The normalized spacial score (nSPS) is 16.6. The lowest BCUT2D eigenvalue weighted by Crippen LogP contribution is -2.37. The third-order valence-corrected chi connectivity index (χ3v) is 7.63. The molecule has 0 saturated carbocycles. The lowest BCUT2D eigenvalue weighted by atomic mass is 10.0. The van der Waals surface area contributed by atoms with Crippen LogP contribution in [0.15, 0.2) is 22.3 Å². The molecule has 1 saturated heterocycles. The summed E-state index contributed by atoms with van der Waals surface area (Å²) in [6.45, 7) is 8.53. The maximum absolute atomic E-state index is 13.8. The molecule has 0 radical (unpaired) electrons. The summed E-state index contributed by atoms with van der Waals surface area (Å²) in [6, 6.07) is 4.44. The molecular formula is C21H27N3OS2. The number of hydrogen-bond donors (Lipinski definition) is 0. The molecule has 27 heavy (non-hydrogen) atoms. The van der Waals surface area contributed by atoms with E-state index in [0.717, 1.165) is 54.0 Å². The molecule has 3 aromatic rings. The number of fused-ring (bicyclic) bond motifs is 1. The fourth-order valence-corrected chi connectivity index (χ4v) is 6.06. The average molecular weight is 402 g/mol. The molecule has 3 aromatic heterocycles. The Morgan fingerprint density at radius 2 is 2.04 bits per heavy atom. The largest absolute Gasteiger partial charge is 0.306 e. The summed E-state index contributed by atoms with van der Waals surface area (Å²) in [4.78, 5) is 24.6. The van der Waals surface area contributed by atoms with Gasteiger partial charge in [-0.15, -0.1) is 22.7 Å². The SMILES string of the molecule is CCc1sc2nc(C(C)C)n(C3CCN(C)CC3)c(=O)c2c1-c1cccs1. The lowest BCUT2D eigenvalue weighted by molar-refractivity contribution is 0.215. The van der Waals surface area contributed by atoms with Crippen LogP contribution in [0.4, 0.5) is 0 Å². The highest BCUT2D eigenvalue weighted by atomic mass is 32.1. The molecule has 4 rings (SSSR count). The van der Waals surface area contributed by atoms with Gasteiger partial charge in [0, 0.05) is 27.3 Å². The minimum Gasteiger partial charge on any atom is -0.306 e. The highest BCUT2D eigenvalue weighted by Gasteiger charge is 2.27. The Balaban J connectivity index is 1.99. The van der Waals surface area contributed by atoms with Crippen molar-refractivity contribution >= 4 is 32.9 Å². The van der Waals surface area contributed by atoms with Gasteiger partial charge < -0.3 is 4.90 Å². The van der Waals surface area contributed by atoms with Crippen LogP contribution in [0, 0.1) is 0 Å². The van der Waals surface area contributed by atoms with Crippen LogP contribution in [0.2, 0.25) is 0 Å². The Morgan fingerprint density at radius 1 is 1.30 bits per heavy atom. The van der Waals surface area contributed by atoms with E-state index in [1.165, 1.54) is 9.75 Å². The zero-order valence-electron chi connectivity index (χ0n) is 16.5. The minimum absolute atomic E-state index is 0.164. The number of hydrogen-bond acceptors (Lipinski definition) is 5. The Kier molecular flexibility index (Phi) is 5.23. The molecule has 0 aromatic carbocycles. The van der Waals surface area contributed by atoms with Gasteiger partial charge in [-0.3, -0.25) is 9.36 Å². The summed E-state index contributed by atoms with van der Waals surface area (Å²) in [5.41, 5.74) is 1.29. The third kappa shape index (κ3) is 3.28. The highest BCUT2D eigenvalue weighted by Crippen LogP contribution is 2.39. The number of likely N-dealkylation sites (tertiary alicyclic amines) is 1. The van der Waals surface area contributed by atoms with E-state index in [1.54, 1.807) is 22.7 Å². The van der Waals surface area contributed by atoms with Gasteiger partial charge in [-0.05, 0) is 50.8 Å². The van der Waals surface area contributed by atoms with Crippen LogP contribution in [0.1, 0.15) is 56.3 Å². The van der Waals surface area contributed by atoms with Gasteiger partial charge in [-0.1, -0.05) is 26.8 Å². The monoisotopic (exact) mass is 401 g/mol. The van der Waals surface area contributed by atoms with Crippen molar-refractivity contribution in [2.45, 2.75) is 52.0 Å². The summed E-state index contributed by atoms with van der Waals surface area (Å²) >= 11 is 3.41. The summed E-state index contributed by atoms with van der Waals surface area (Å²) in [5, 5.41) is 2.92. The Labute approximate surface area is 168 Å². The Bertz CT molecular complexity index is 993. The first-order valence-corrected chi connectivity index (χ1v) is 11.5. The van der Waals surface area contributed by atoms with E-state index >= 15 is 0 Å². The Morgan fingerprint density at radius 3 is 2.63 bits per heavy atom. The molecule has 144 valence electrons. The molecule has 1 aliphatic heterocycles. The predicted octanol–water partition coefficient (Wildman–Crippen LogP) is 5.14. The number of piperidine rings is 1. The van der Waals surface area contributed by atoms with Crippen LogP contribution in [0.25, 0.3) is 20.7 Å². The minimum atomic E-state index is 0.164. The number of aryl methyl sites for hydroxylation is 1. The molecule has 0 unspecified atom stereocenters. The summed E-state index contributed by atoms with van der Waals surface area (Å²) in [6.07, 6.45) is 2.96.